The Labute approximate surface area is 96.7 Å². The number of hydrogen-bond donors (Lipinski definition) is 1. The van der Waals surface area contributed by atoms with Gasteiger partial charge in [-0.3, -0.25) is 10.1 Å². The van der Waals surface area contributed by atoms with Crippen LogP contribution < -0.4 is 4.74 Å². The van der Waals surface area contributed by atoms with Crippen LogP contribution in [0, 0.1) is 10.1 Å². The Balaban J connectivity index is 2.94. The maximum Gasteiger partial charge on any atom is 0.342 e. The largest absolute Gasteiger partial charge is 0.491 e. The number of nitro benzene ring substituents is 1. The number of carboxylic acid groups (broad SMARTS) is 1. The van der Waals surface area contributed by atoms with Gasteiger partial charge in [-0.05, 0) is 6.07 Å². The number of hydrogen-bond acceptors (Lipinski definition) is 5. The number of aromatic carboxylic acids is 1. The molecular formula is C10H11NO6. The van der Waals surface area contributed by atoms with Crippen LogP contribution in [-0.4, -0.2) is 36.3 Å². The molecule has 7 heteroatoms. The fourth-order valence-electron chi connectivity index (χ4n) is 1.18. The van der Waals surface area contributed by atoms with Gasteiger partial charge < -0.3 is 14.6 Å². The SMILES string of the molecule is COCCOc1ccc([N+](=O)[O-])c(C(=O)O)c1. The first kappa shape index (κ1) is 12.9. The van der Waals surface area contributed by atoms with Gasteiger partial charge in [0.1, 0.15) is 17.9 Å². The summed E-state index contributed by atoms with van der Waals surface area (Å²) in [5, 5.41) is 19.4. The van der Waals surface area contributed by atoms with Crippen molar-refractivity contribution in [2.75, 3.05) is 20.3 Å². The minimum absolute atomic E-state index is 0.243. The lowest BCUT2D eigenvalue weighted by molar-refractivity contribution is -0.385. The molecule has 7 nitrogen and oxygen atoms in total. The van der Waals surface area contributed by atoms with E-state index < -0.39 is 22.1 Å². The van der Waals surface area contributed by atoms with Gasteiger partial charge >= 0.3 is 5.97 Å². The third-order valence-corrected chi connectivity index (χ3v) is 1.95. The molecule has 1 N–H and O–H groups in total. The zero-order valence-corrected chi connectivity index (χ0v) is 9.08. The van der Waals surface area contributed by atoms with Crippen molar-refractivity contribution in [2.45, 2.75) is 0 Å². The highest BCUT2D eigenvalue weighted by atomic mass is 16.6. The van der Waals surface area contributed by atoms with Gasteiger partial charge in [0.2, 0.25) is 0 Å². The van der Waals surface area contributed by atoms with Crippen LogP contribution in [0.1, 0.15) is 10.4 Å². The molecule has 1 rings (SSSR count). The van der Waals surface area contributed by atoms with Crippen LogP contribution in [0.4, 0.5) is 5.69 Å². The van der Waals surface area contributed by atoms with E-state index >= 15 is 0 Å². The highest BCUT2D eigenvalue weighted by Crippen LogP contribution is 2.24. The van der Waals surface area contributed by atoms with E-state index in [0.29, 0.717) is 6.61 Å². The number of carbonyl (C=O) groups is 1. The lowest BCUT2D eigenvalue weighted by atomic mass is 10.2. The standard InChI is InChI=1S/C10H11NO6/c1-16-4-5-17-7-2-3-9(11(14)15)8(6-7)10(12)13/h2-3,6H,4-5H2,1H3,(H,12,13). The second-order valence-corrected chi connectivity index (χ2v) is 3.08. The number of benzene rings is 1. The van der Waals surface area contributed by atoms with Crippen LogP contribution >= 0.6 is 0 Å². The summed E-state index contributed by atoms with van der Waals surface area (Å²) >= 11 is 0. The van der Waals surface area contributed by atoms with Crippen molar-refractivity contribution in [2.24, 2.45) is 0 Å². The van der Waals surface area contributed by atoms with Crippen molar-refractivity contribution in [3.05, 3.63) is 33.9 Å². The number of methoxy groups -OCH3 is 1. The van der Waals surface area contributed by atoms with Crippen LogP contribution in [0.15, 0.2) is 18.2 Å². The van der Waals surface area contributed by atoms with E-state index in [4.69, 9.17) is 14.6 Å². The second-order valence-electron chi connectivity index (χ2n) is 3.08. The molecular weight excluding hydrogens is 230 g/mol. The van der Waals surface area contributed by atoms with Crippen molar-refractivity contribution >= 4 is 11.7 Å². The van der Waals surface area contributed by atoms with Gasteiger partial charge in [0.15, 0.2) is 0 Å². The molecule has 17 heavy (non-hydrogen) atoms. The molecule has 0 fully saturated rings. The fourth-order valence-corrected chi connectivity index (χ4v) is 1.18. The van der Waals surface area contributed by atoms with Gasteiger partial charge in [-0.1, -0.05) is 0 Å². The number of nitro groups is 1. The first-order chi connectivity index (χ1) is 8.06. The molecule has 0 saturated carbocycles. The molecule has 0 spiro atoms. The van der Waals surface area contributed by atoms with Crippen molar-refractivity contribution in [3.63, 3.8) is 0 Å². The van der Waals surface area contributed by atoms with Gasteiger partial charge in [-0.25, -0.2) is 4.79 Å². The number of nitrogens with zero attached hydrogens (tertiary/aromatic N) is 1. The highest BCUT2D eigenvalue weighted by molar-refractivity contribution is 5.92. The molecule has 92 valence electrons. The molecule has 0 atom stereocenters. The average Bonchev–Trinajstić information content (AvgIpc) is 2.29. The number of rotatable bonds is 6. The molecule has 0 radical (unpaired) electrons. The summed E-state index contributed by atoms with van der Waals surface area (Å²) in [7, 11) is 1.50. The molecule has 1 aromatic rings. The third-order valence-electron chi connectivity index (χ3n) is 1.95. The highest BCUT2D eigenvalue weighted by Gasteiger charge is 2.20. The van der Waals surface area contributed by atoms with Gasteiger partial charge in [0, 0.05) is 19.2 Å². The molecule has 0 aliphatic heterocycles. The van der Waals surface area contributed by atoms with E-state index in [2.05, 4.69) is 0 Å². The Morgan fingerprint density at radius 2 is 2.18 bits per heavy atom. The summed E-state index contributed by atoms with van der Waals surface area (Å²) in [5.74, 6) is -1.11. The first-order valence-electron chi connectivity index (χ1n) is 4.69. The van der Waals surface area contributed by atoms with Gasteiger partial charge in [-0.2, -0.15) is 0 Å². The molecule has 0 heterocycles. The Kier molecular flexibility index (Phi) is 4.41. The van der Waals surface area contributed by atoms with Crippen molar-refractivity contribution in [1.29, 1.82) is 0 Å². The van der Waals surface area contributed by atoms with Crippen molar-refractivity contribution < 1.29 is 24.3 Å². The average molecular weight is 241 g/mol. The summed E-state index contributed by atoms with van der Waals surface area (Å²) in [4.78, 5) is 20.7. The van der Waals surface area contributed by atoms with Crippen LogP contribution in [-0.2, 0) is 4.74 Å². The summed E-state index contributed by atoms with van der Waals surface area (Å²) in [6, 6.07) is 3.57. The van der Waals surface area contributed by atoms with Crippen molar-refractivity contribution in [1.82, 2.24) is 0 Å². The third kappa shape index (κ3) is 3.42. The monoisotopic (exact) mass is 241 g/mol. The smallest absolute Gasteiger partial charge is 0.342 e. The van der Waals surface area contributed by atoms with E-state index in [0.717, 1.165) is 12.1 Å². The van der Waals surface area contributed by atoms with Gasteiger partial charge in [0.25, 0.3) is 5.69 Å². The Hall–Kier alpha value is -2.15. The predicted octanol–water partition coefficient (Wildman–Crippen LogP) is 1.32. The quantitative estimate of drug-likeness (QED) is 0.458. The van der Waals surface area contributed by atoms with E-state index in [1.54, 1.807) is 0 Å². The van der Waals surface area contributed by atoms with Gasteiger partial charge in [-0.15, -0.1) is 0 Å². The van der Waals surface area contributed by atoms with Gasteiger partial charge in [0.05, 0.1) is 11.5 Å². The van der Waals surface area contributed by atoms with E-state index in [9.17, 15) is 14.9 Å². The lowest BCUT2D eigenvalue weighted by Crippen LogP contribution is -2.07. The fraction of sp³-hybridized carbons (Fsp3) is 0.300. The normalized spacial score (nSPS) is 9.94. The summed E-state index contributed by atoms with van der Waals surface area (Å²) in [5.41, 5.74) is -0.860. The second kappa shape index (κ2) is 5.80. The Morgan fingerprint density at radius 3 is 2.71 bits per heavy atom. The summed E-state index contributed by atoms with van der Waals surface area (Å²) in [6.45, 7) is 0.590. The van der Waals surface area contributed by atoms with Crippen LogP contribution in [0.5, 0.6) is 5.75 Å². The predicted molar refractivity (Wildman–Crippen MR) is 57.4 cm³/mol. The minimum atomic E-state index is -1.37. The molecule has 0 saturated heterocycles. The maximum absolute atomic E-state index is 10.8. The Morgan fingerprint density at radius 1 is 1.47 bits per heavy atom. The number of ether oxygens (including phenoxy) is 2. The van der Waals surface area contributed by atoms with Crippen molar-refractivity contribution in [3.8, 4) is 5.75 Å². The van der Waals surface area contributed by atoms with E-state index in [1.165, 1.54) is 13.2 Å². The Bertz CT molecular complexity index is 431. The zero-order chi connectivity index (χ0) is 12.8. The van der Waals surface area contributed by atoms with Crippen LogP contribution in [0.25, 0.3) is 0 Å². The molecule has 0 aliphatic rings. The van der Waals surface area contributed by atoms with Crippen LogP contribution in [0.2, 0.25) is 0 Å². The molecule has 0 aromatic heterocycles. The molecule has 0 aliphatic carbocycles. The summed E-state index contributed by atoms with van der Waals surface area (Å²) < 4.78 is 9.91. The molecule has 0 amide bonds. The summed E-state index contributed by atoms with van der Waals surface area (Å²) in [6.07, 6.45) is 0. The lowest BCUT2D eigenvalue weighted by Gasteiger charge is -2.06. The topological polar surface area (TPSA) is 98.9 Å². The maximum atomic E-state index is 10.8. The minimum Gasteiger partial charge on any atom is -0.491 e. The van der Waals surface area contributed by atoms with E-state index in [-0.39, 0.29) is 12.4 Å². The molecule has 1 aromatic carbocycles. The number of carboxylic acids is 1. The molecule has 0 bridgehead atoms. The first-order valence-corrected chi connectivity index (χ1v) is 4.69. The zero-order valence-electron chi connectivity index (χ0n) is 9.08. The van der Waals surface area contributed by atoms with Crippen LogP contribution in [0.3, 0.4) is 0 Å². The molecule has 0 unspecified atom stereocenters. The van der Waals surface area contributed by atoms with E-state index in [1.807, 2.05) is 0 Å².